The van der Waals surface area contributed by atoms with E-state index >= 15 is 0 Å². The second kappa shape index (κ2) is 2.24. The van der Waals surface area contributed by atoms with Crippen LogP contribution in [0.4, 0.5) is 0 Å². The van der Waals surface area contributed by atoms with Crippen LogP contribution in [0.2, 0.25) is 0 Å². The minimum absolute atomic E-state index is 0.0677. The molecule has 0 bridgehead atoms. The van der Waals surface area contributed by atoms with Crippen molar-refractivity contribution in [2.24, 2.45) is 0 Å². The van der Waals surface area contributed by atoms with E-state index in [1.54, 1.807) is 0 Å². The van der Waals surface area contributed by atoms with Crippen molar-refractivity contribution in [2.45, 2.75) is 45.3 Å². The van der Waals surface area contributed by atoms with E-state index in [1.807, 2.05) is 0 Å². The van der Waals surface area contributed by atoms with Crippen molar-refractivity contribution < 1.29 is 9.31 Å². The van der Waals surface area contributed by atoms with Crippen LogP contribution in [0.1, 0.15) is 34.1 Å². The monoisotopic (exact) mass is 141 g/mol. The van der Waals surface area contributed by atoms with E-state index in [9.17, 15) is 0 Å². The van der Waals surface area contributed by atoms with Crippen molar-refractivity contribution in [3.63, 3.8) is 0 Å². The first kappa shape index (κ1) is 8.09. The molecule has 0 amide bonds. The minimum Gasteiger partial charge on any atom is -0.408 e. The molecule has 1 aliphatic heterocycles. The second-order valence-electron chi connectivity index (χ2n) is 4.03. The minimum atomic E-state index is -0.0677. The molecule has 10 heavy (non-hydrogen) atoms. The molecule has 2 nitrogen and oxygen atoms in total. The van der Waals surface area contributed by atoms with Crippen LogP contribution in [0.5, 0.6) is 0 Å². The van der Waals surface area contributed by atoms with Crippen LogP contribution in [0.25, 0.3) is 0 Å². The van der Waals surface area contributed by atoms with Gasteiger partial charge >= 0.3 is 7.69 Å². The summed E-state index contributed by atoms with van der Waals surface area (Å²) in [5, 5.41) is 0. The standard InChI is InChI=1S/C7H14BO2/c1-6(2)5-7(3,4)10-8-9-6/h5H2,1-4H3. The molecule has 1 aliphatic rings. The van der Waals surface area contributed by atoms with Gasteiger partial charge in [-0.15, -0.1) is 0 Å². The zero-order valence-corrected chi connectivity index (χ0v) is 7.10. The van der Waals surface area contributed by atoms with Gasteiger partial charge in [0.1, 0.15) is 0 Å². The third-order valence-electron chi connectivity index (χ3n) is 1.59. The topological polar surface area (TPSA) is 18.5 Å². The summed E-state index contributed by atoms with van der Waals surface area (Å²) in [5.41, 5.74) is -0.135. The van der Waals surface area contributed by atoms with Crippen molar-refractivity contribution in [1.29, 1.82) is 0 Å². The molecule has 1 heterocycles. The molecule has 0 unspecified atom stereocenters. The van der Waals surface area contributed by atoms with Crippen LogP contribution in [-0.2, 0) is 9.31 Å². The fourth-order valence-electron chi connectivity index (χ4n) is 1.39. The molecule has 1 fully saturated rings. The highest BCUT2D eigenvalue weighted by molar-refractivity contribution is 6.18. The Morgan fingerprint density at radius 1 is 1.00 bits per heavy atom. The van der Waals surface area contributed by atoms with E-state index in [0.717, 1.165) is 6.42 Å². The summed E-state index contributed by atoms with van der Waals surface area (Å²) in [4.78, 5) is 0. The van der Waals surface area contributed by atoms with E-state index in [2.05, 4.69) is 27.7 Å². The predicted octanol–water partition coefficient (Wildman–Crippen LogP) is 1.51. The molecular formula is C7H14BO2. The maximum Gasteiger partial charge on any atom is 0.488 e. The number of rotatable bonds is 0. The first-order valence-corrected chi connectivity index (χ1v) is 3.59. The van der Waals surface area contributed by atoms with Crippen molar-refractivity contribution in [2.75, 3.05) is 0 Å². The molecule has 1 rings (SSSR count). The molecule has 0 aromatic carbocycles. The first-order chi connectivity index (χ1) is 4.41. The molecule has 1 saturated heterocycles. The number of hydrogen-bond acceptors (Lipinski definition) is 2. The van der Waals surface area contributed by atoms with Crippen LogP contribution in [0.15, 0.2) is 0 Å². The van der Waals surface area contributed by atoms with E-state index in [4.69, 9.17) is 9.31 Å². The van der Waals surface area contributed by atoms with Gasteiger partial charge in [-0.05, 0) is 27.7 Å². The van der Waals surface area contributed by atoms with Crippen LogP contribution in [0.3, 0.4) is 0 Å². The van der Waals surface area contributed by atoms with Crippen molar-refractivity contribution in [1.82, 2.24) is 0 Å². The predicted molar refractivity (Wildman–Crippen MR) is 40.7 cm³/mol. The van der Waals surface area contributed by atoms with Crippen molar-refractivity contribution in [3.05, 3.63) is 0 Å². The van der Waals surface area contributed by atoms with Gasteiger partial charge in [-0.3, -0.25) is 0 Å². The molecule has 0 spiro atoms. The van der Waals surface area contributed by atoms with Gasteiger partial charge in [-0.2, -0.15) is 0 Å². The zero-order valence-electron chi connectivity index (χ0n) is 7.10. The third kappa shape index (κ3) is 1.99. The van der Waals surface area contributed by atoms with E-state index in [0.29, 0.717) is 0 Å². The lowest BCUT2D eigenvalue weighted by atomic mass is 9.88. The molecule has 57 valence electrons. The lowest BCUT2D eigenvalue weighted by molar-refractivity contribution is -0.0636. The molecule has 0 saturated carbocycles. The summed E-state index contributed by atoms with van der Waals surface area (Å²) in [7, 11) is 1.45. The fraction of sp³-hybridized carbons (Fsp3) is 1.00. The Morgan fingerprint density at radius 2 is 1.40 bits per heavy atom. The maximum atomic E-state index is 5.25. The Kier molecular flexibility index (Phi) is 1.81. The molecule has 0 N–H and O–H groups in total. The Balaban J connectivity index is 2.56. The Morgan fingerprint density at radius 3 is 1.60 bits per heavy atom. The van der Waals surface area contributed by atoms with Crippen LogP contribution in [0, 0.1) is 0 Å². The fourth-order valence-corrected chi connectivity index (χ4v) is 1.39. The van der Waals surface area contributed by atoms with Crippen molar-refractivity contribution in [3.8, 4) is 0 Å². The first-order valence-electron chi connectivity index (χ1n) is 3.59. The summed E-state index contributed by atoms with van der Waals surface area (Å²) in [6.07, 6.45) is 0.927. The largest absolute Gasteiger partial charge is 0.488 e. The smallest absolute Gasteiger partial charge is 0.408 e. The summed E-state index contributed by atoms with van der Waals surface area (Å²) in [6, 6.07) is 0. The van der Waals surface area contributed by atoms with Crippen LogP contribution >= 0.6 is 0 Å². The Bertz CT molecular complexity index is 118. The molecule has 0 atom stereocenters. The highest BCUT2D eigenvalue weighted by Crippen LogP contribution is 2.29. The van der Waals surface area contributed by atoms with Gasteiger partial charge in [-0.1, -0.05) is 0 Å². The van der Waals surface area contributed by atoms with E-state index < -0.39 is 0 Å². The number of hydrogen-bond donors (Lipinski definition) is 0. The summed E-state index contributed by atoms with van der Waals surface area (Å²) < 4.78 is 10.5. The summed E-state index contributed by atoms with van der Waals surface area (Å²) in [6.45, 7) is 8.25. The second-order valence-corrected chi connectivity index (χ2v) is 4.03. The van der Waals surface area contributed by atoms with Gasteiger partial charge < -0.3 is 9.31 Å². The van der Waals surface area contributed by atoms with E-state index in [-0.39, 0.29) is 11.2 Å². The summed E-state index contributed by atoms with van der Waals surface area (Å²) in [5.74, 6) is 0. The quantitative estimate of drug-likeness (QED) is 0.476. The average molecular weight is 141 g/mol. The van der Waals surface area contributed by atoms with Gasteiger partial charge in [-0.25, -0.2) is 0 Å². The Labute approximate surface area is 63.2 Å². The van der Waals surface area contributed by atoms with Gasteiger partial charge in [0.15, 0.2) is 0 Å². The lowest BCUT2D eigenvalue weighted by Gasteiger charge is -2.40. The van der Waals surface area contributed by atoms with E-state index in [1.165, 1.54) is 7.69 Å². The van der Waals surface area contributed by atoms with Crippen LogP contribution in [-0.4, -0.2) is 18.9 Å². The molecule has 0 aromatic rings. The van der Waals surface area contributed by atoms with Gasteiger partial charge in [0, 0.05) is 6.42 Å². The SMILES string of the molecule is CC1(C)CC(C)(C)O[B]O1. The van der Waals surface area contributed by atoms with Gasteiger partial charge in [0.05, 0.1) is 11.2 Å². The average Bonchev–Trinajstić information content (AvgIpc) is 1.56. The molecular weight excluding hydrogens is 127 g/mol. The highest BCUT2D eigenvalue weighted by Gasteiger charge is 2.35. The third-order valence-corrected chi connectivity index (χ3v) is 1.59. The Hall–Kier alpha value is -0.0151. The van der Waals surface area contributed by atoms with Gasteiger partial charge in [0.25, 0.3) is 0 Å². The van der Waals surface area contributed by atoms with Crippen molar-refractivity contribution >= 4 is 7.69 Å². The zero-order chi connectivity index (χ0) is 7.83. The van der Waals surface area contributed by atoms with Gasteiger partial charge in [0.2, 0.25) is 0 Å². The molecule has 3 heteroatoms. The maximum absolute atomic E-state index is 5.25. The summed E-state index contributed by atoms with van der Waals surface area (Å²) >= 11 is 0. The molecule has 1 radical (unpaired) electrons. The van der Waals surface area contributed by atoms with Crippen LogP contribution < -0.4 is 0 Å². The molecule has 0 aliphatic carbocycles. The molecule has 0 aromatic heterocycles. The highest BCUT2D eigenvalue weighted by atomic mass is 16.6. The normalized spacial score (nSPS) is 29.2. The lowest BCUT2D eigenvalue weighted by Crippen LogP contribution is -2.45.